The molecular formula is C31H36. The van der Waals surface area contributed by atoms with E-state index in [0.717, 1.165) is 0 Å². The monoisotopic (exact) mass is 408 g/mol. The molecule has 3 rings (SSSR count). The van der Waals surface area contributed by atoms with Crippen molar-refractivity contribution in [2.45, 2.75) is 60.8 Å². The predicted molar refractivity (Wildman–Crippen MR) is 139 cm³/mol. The second-order valence-corrected chi connectivity index (χ2v) is 9.92. The maximum absolute atomic E-state index is 2.34. The summed E-state index contributed by atoms with van der Waals surface area (Å²) in [6.07, 6.45) is 4.57. The van der Waals surface area contributed by atoms with Gasteiger partial charge in [-0.25, -0.2) is 0 Å². The molecule has 0 atom stereocenters. The maximum Gasteiger partial charge on any atom is -0.0132 e. The molecule has 31 heavy (non-hydrogen) atoms. The zero-order chi connectivity index (χ0) is 22.8. The summed E-state index contributed by atoms with van der Waals surface area (Å²) in [6.45, 7) is 17.8. The van der Waals surface area contributed by atoms with Crippen molar-refractivity contribution in [3.63, 3.8) is 0 Å². The molecule has 0 aliphatic heterocycles. The van der Waals surface area contributed by atoms with Gasteiger partial charge in [-0.15, -0.1) is 0 Å². The number of rotatable bonds is 4. The van der Waals surface area contributed by atoms with Gasteiger partial charge in [-0.05, 0) is 90.1 Å². The van der Waals surface area contributed by atoms with E-state index in [1.807, 2.05) is 0 Å². The average molecular weight is 409 g/mol. The van der Waals surface area contributed by atoms with Crippen LogP contribution in [0.3, 0.4) is 0 Å². The van der Waals surface area contributed by atoms with Gasteiger partial charge in [0, 0.05) is 0 Å². The fourth-order valence-electron chi connectivity index (χ4n) is 4.06. The van der Waals surface area contributed by atoms with E-state index in [0.29, 0.717) is 0 Å². The van der Waals surface area contributed by atoms with Gasteiger partial charge in [-0.2, -0.15) is 0 Å². The minimum Gasteiger partial charge on any atom is -0.0587 e. The molecule has 3 aromatic carbocycles. The number of hydrogen-bond acceptors (Lipinski definition) is 0. The van der Waals surface area contributed by atoms with Gasteiger partial charge in [0.15, 0.2) is 0 Å². The highest BCUT2D eigenvalue weighted by Crippen LogP contribution is 2.29. The normalized spacial score (nSPS) is 12.9. The average Bonchev–Trinajstić information content (AvgIpc) is 2.70. The number of hydrogen-bond donors (Lipinski definition) is 0. The summed E-state index contributed by atoms with van der Waals surface area (Å²) in [4.78, 5) is 0. The summed E-state index contributed by atoms with van der Waals surface area (Å²) in [5.74, 6) is 0. The van der Waals surface area contributed by atoms with E-state index in [1.54, 1.807) is 0 Å². The molecule has 0 amide bonds. The van der Waals surface area contributed by atoms with Gasteiger partial charge in [0.2, 0.25) is 0 Å². The number of benzene rings is 3. The Morgan fingerprint density at radius 3 is 1.39 bits per heavy atom. The minimum atomic E-state index is 0.185. The second kappa shape index (κ2) is 9.10. The lowest BCUT2D eigenvalue weighted by Gasteiger charge is -2.19. The summed E-state index contributed by atoms with van der Waals surface area (Å²) >= 11 is 0. The van der Waals surface area contributed by atoms with Crippen LogP contribution in [-0.4, -0.2) is 0 Å². The maximum atomic E-state index is 2.34. The van der Waals surface area contributed by atoms with E-state index in [-0.39, 0.29) is 5.41 Å². The third-order valence-corrected chi connectivity index (χ3v) is 6.04. The first-order valence-electron chi connectivity index (χ1n) is 11.2. The first-order valence-corrected chi connectivity index (χ1v) is 11.2. The molecule has 3 aromatic rings. The molecule has 0 aromatic heterocycles. The van der Waals surface area contributed by atoms with E-state index in [9.17, 15) is 0 Å². The molecule has 0 fully saturated rings. The summed E-state index contributed by atoms with van der Waals surface area (Å²) in [7, 11) is 0. The van der Waals surface area contributed by atoms with Gasteiger partial charge in [0.25, 0.3) is 0 Å². The highest BCUT2D eigenvalue weighted by atomic mass is 14.2. The van der Waals surface area contributed by atoms with Gasteiger partial charge >= 0.3 is 0 Å². The highest BCUT2D eigenvalue weighted by Gasteiger charge is 2.13. The van der Waals surface area contributed by atoms with Crippen LogP contribution in [0, 0.1) is 20.8 Å². The molecule has 0 aliphatic carbocycles. The van der Waals surface area contributed by atoms with Crippen LogP contribution in [-0.2, 0) is 5.41 Å². The van der Waals surface area contributed by atoms with E-state index in [1.165, 1.54) is 55.7 Å². The Kier molecular flexibility index (Phi) is 6.70. The summed E-state index contributed by atoms with van der Waals surface area (Å²) < 4.78 is 0. The molecule has 0 spiro atoms. The molecule has 0 bridgehead atoms. The molecule has 0 radical (unpaired) electrons. The zero-order valence-corrected chi connectivity index (χ0v) is 20.4. The molecular weight excluding hydrogens is 372 g/mol. The van der Waals surface area contributed by atoms with Crippen molar-refractivity contribution in [1.29, 1.82) is 0 Å². The summed E-state index contributed by atoms with van der Waals surface area (Å²) in [5, 5.41) is 0. The Morgan fingerprint density at radius 2 is 1.00 bits per heavy atom. The molecule has 0 nitrogen and oxygen atoms in total. The minimum absolute atomic E-state index is 0.185. The molecule has 0 N–H and O–H groups in total. The Morgan fingerprint density at radius 1 is 0.613 bits per heavy atom. The van der Waals surface area contributed by atoms with Crippen LogP contribution in [0.25, 0.3) is 23.3 Å². The van der Waals surface area contributed by atoms with Gasteiger partial charge in [-0.1, -0.05) is 99.2 Å². The first-order chi connectivity index (χ1) is 14.5. The van der Waals surface area contributed by atoms with Crippen molar-refractivity contribution in [3.8, 4) is 0 Å². The van der Waals surface area contributed by atoms with Crippen molar-refractivity contribution >= 4 is 23.3 Å². The van der Waals surface area contributed by atoms with E-state index in [2.05, 4.69) is 128 Å². The van der Waals surface area contributed by atoms with E-state index in [4.69, 9.17) is 0 Å². The van der Waals surface area contributed by atoms with Crippen LogP contribution in [0.2, 0.25) is 0 Å². The fraction of sp³-hybridized carbons (Fsp3) is 0.290. The lowest BCUT2D eigenvalue weighted by atomic mass is 9.86. The SMILES string of the molecule is C/C(=C\c1ccc(C)cc1)c1cc(C)c(/C(C)=C/c2ccc(C(C)(C)C)cc2)cc1C. The van der Waals surface area contributed by atoms with Gasteiger partial charge in [0.05, 0.1) is 0 Å². The van der Waals surface area contributed by atoms with Crippen molar-refractivity contribution in [2.75, 3.05) is 0 Å². The topological polar surface area (TPSA) is 0 Å². The van der Waals surface area contributed by atoms with Crippen molar-refractivity contribution in [3.05, 3.63) is 105 Å². The lowest BCUT2D eigenvalue weighted by molar-refractivity contribution is 0.590. The van der Waals surface area contributed by atoms with Crippen LogP contribution in [0.15, 0.2) is 60.7 Å². The third-order valence-electron chi connectivity index (χ3n) is 6.04. The smallest absolute Gasteiger partial charge is 0.0132 e. The van der Waals surface area contributed by atoms with Crippen LogP contribution >= 0.6 is 0 Å². The molecule has 0 heteroatoms. The molecule has 0 unspecified atom stereocenters. The molecule has 0 heterocycles. The Balaban J connectivity index is 1.90. The number of aryl methyl sites for hydroxylation is 3. The van der Waals surface area contributed by atoms with E-state index < -0.39 is 0 Å². The summed E-state index contributed by atoms with van der Waals surface area (Å²) in [6, 6.07) is 22.4. The van der Waals surface area contributed by atoms with E-state index >= 15 is 0 Å². The van der Waals surface area contributed by atoms with Gasteiger partial charge in [0.1, 0.15) is 0 Å². The van der Waals surface area contributed by atoms with Gasteiger partial charge < -0.3 is 0 Å². The fourth-order valence-corrected chi connectivity index (χ4v) is 4.06. The van der Waals surface area contributed by atoms with Crippen molar-refractivity contribution < 1.29 is 0 Å². The van der Waals surface area contributed by atoms with Crippen molar-refractivity contribution in [2.24, 2.45) is 0 Å². The third kappa shape index (κ3) is 5.64. The van der Waals surface area contributed by atoms with Crippen LogP contribution in [0.5, 0.6) is 0 Å². The number of allylic oxidation sites excluding steroid dienone is 2. The largest absolute Gasteiger partial charge is 0.0587 e. The second-order valence-electron chi connectivity index (χ2n) is 9.92. The molecule has 160 valence electrons. The van der Waals surface area contributed by atoms with Crippen LogP contribution in [0.4, 0.5) is 0 Å². The molecule has 0 saturated carbocycles. The quantitative estimate of drug-likeness (QED) is 0.378. The summed E-state index contributed by atoms with van der Waals surface area (Å²) in [5.41, 5.74) is 13.2. The molecule has 0 saturated heterocycles. The van der Waals surface area contributed by atoms with Crippen molar-refractivity contribution in [1.82, 2.24) is 0 Å². The van der Waals surface area contributed by atoms with Crippen LogP contribution in [0.1, 0.15) is 79.1 Å². The zero-order valence-electron chi connectivity index (χ0n) is 20.4. The standard InChI is InChI=1S/C31H36/c1-21-9-11-26(12-10-21)17-22(2)29-19-25(5)30(20-24(29)4)23(3)18-27-13-15-28(16-14-27)31(6,7)8/h9-20H,1-8H3/b22-17+,23-18+. The predicted octanol–water partition coefficient (Wildman–Crippen LogP) is 9.03. The first kappa shape index (κ1) is 22.8. The highest BCUT2D eigenvalue weighted by molar-refractivity contribution is 5.86. The van der Waals surface area contributed by atoms with Gasteiger partial charge in [-0.3, -0.25) is 0 Å². The Hall–Kier alpha value is -2.86. The van der Waals surface area contributed by atoms with Crippen LogP contribution < -0.4 is 0 Å². The Bertz CT molecular complexity index is 1110. The lowest BCUT2D eigenvalue weighted by Crippen LogP contribution is -2.10. The molecule has 0 aliphatic rings. The Labute approximate surface area is 189 Å².